The summed E-state index contributed by atoms with van der Waals surface area (Å²) in [5.41, 5.74) is 1.22. The highest BCUT2D eigenvalue weighted by atomic mass is 19.1. The Labute approximate surface area is 69.4 Å². The fourth-order valence-electron chi connectivity index (χ4n) is 1.46. The molecule has 0 saturated heterocycles. The molecule has 1 aromatic heterocycles. The minimum absolute atomic E-state index is 0.0169. The average molecular weight is 165 g/mol. The van der Waals surface area contributed by atoms with Crippen LogP contribution in [0.25, 0.3) is 0 Å². The first-order valence-electron chi connectivity index (χ1n) is 3.95. The molecule has 0 aliphatic heterocycles. The second kappa shape index (κ2) is 2.66. The number of Topliss-reactive ketones (excluding diaryl/α,β-unsaturated/α-hetero) is 1. The number of pyridine rings is 1. The van der Waals surface area contributed by atoms with Crippen LogP contribution in [0.2, 0.25) is 0 Å². The third-order valence-electron chi connectivity index (χ3n) is 2.05. The van der Waals surface area contributed by atoms with Crippen LogP contribution in [0.4, 0.5) is 4.39 Å². The largest absolute Gasteiger partial charge is 0.294 e. The van der Waals surface area contributed by atoms with Gasteiger partial charge in [0.05, 0.1) is 11.9 Å². The summed E-state index contributed by atoms with van der Waals surface area (Å²) in [7, 11) is 0. The smallest absolute Gasteiger partial charge is 0.164 e. The number of nitrogens with zero attached hydrogens (tertiary/aromatic N) is 1. The van der Waals surface area contributed by atoms with E-state index in [4.69, 9.17) is 0 Å². The van der Waals surface area contributed by atoms with E-state index in [2.05, 4.69) is 4.98 Å². The summed E-state index contributed by atoms with van der Waals surface area (Å²) in [5.74, 6) is -0.410. The second-order valence-electron chi connectivity index (χ2n) is 2.92. The predicted octanol–water partition coefficient (Wildman–Crippen LogP) is 1.74. The number of hydrogen-bond donors (Lipinski definition) is 0. The molecule has 1 heterocycles. The normalized spacial score (nSPS) is 15.9. The third-order valence-corrected chi connectivity index (χ3v) is 2.05. The number of ketones is 1. The van der Waals surface area contributed by atoms with Crippen LogP contribution < -0.4 is 0 Å². The highest BCUT2D eigenvalue weighted by Crippen LogP contribution is 2.19. The highest BCUT2D eigenvalue weighted by Gasteiger charge is 2.18. The molecule has 62 valence electrons. The summed E-state index contributed by atoms with van der Waals surface area (Å²) >= 11 is 0. The van der Waals surface area contributed by atoms with Crippen LogP contribution in [-0.2, 0) is 6.42 Å². The topological polar surface area (TPSA) is 30.0 Å². The summed E-state index contributed by atoms with van der Waals surface area (Å²) in [6.07, 6.45) is 3.32. The summed E-state index contributed by atoms with van der Waals surface area (Å²) in [4.78, 5) is 15.1. The lowest BCUT2D eigenvalue weighted by Gasteiger charge is -2.12. The molecule has 1 aromatic rings. The summed E-state index contributed by atoms with van der Waals surface area (Å²) in [6, 6.07) is 1.28. The fraction of sp³-hybridized carbons (Fsp3) is 0.333. The van der Waals surface area contributed by atoms with Gasteiger partial charge in [-0.3, -0.25) is 9.78 Å². The van der Waals surface area contributed by atoms with E-state index < -0.39 is 5.82 Å². The summed E-state index contributed by atoms with van der Waals surface area (Å²) in [6.45, 7) is 0. The van der Waals surface area contributed by atoms with Crippen molar-refractivity contribution in [2.45, 2.75) is 19.3 Å². The van der Waals surface area contributed by atoms with Crippen LogP contribution >= 0.6 is 0 Å². The zero-order chi connectivity index (χ0) is 8.55. The van der Waals surface area contributed by atoms with Crippen molar-refractivity contribution < 1.29 is 9.18 Å². The molecule has 2 rings (SSSR count). The fourth-order valence-corrected chi connectivity index (χ4v) is 1.46. The molecule has 0 N–H and O–H groups in total. The third kappa shape index (κ3) is 1.11. The summed E-state index contributed by atoms with van der Waals surface area (Å²) in [5, 5.41) is 0. The van der Waals surface area contributed by atoms with E-state index in [-0.39, 0.29) is 5.78 Å². The van der Waals surface area contributed by atoms with Gasteiger partial charge in [0.2, 0.25) is 0 Å². The van der Waals surface area contributed by atoms with Gasteiger partial charge < -0.3 is 0 Å². The quantitative estimate of drug-likeness (QED) is 0.586. The molecular weight excluding hydrogens is 157 g/mol. The first kappa shape index (κ1) is 7.40. The number of carbonyl (C=O) groups is 1. The molecule has 0 radical (unpaired) electrons. The molecule has 0 amide bonds. The number of carbonyl (C=O) groups excluding carboxylic acids is 1. The molecule has 1 aliphatic rings. The molecule has 0 bridgehead atoms. The Kier molecular flexibility index (Phi) is 1.64. The van der Waals surface area contributed by atoms with Crippen molar-refractivity contribution in [3.05, 3.63) is 29.3 Å². The van der Waals surface area contributed by atoms with Crippen LogP contribution in [0.5, 0.6) is 0 Å². The van der Waals surface area contributed by atoms with E-state index >= 15 is 0 Å². The molecule has 1 aliphatic carbocycles. The molecule has 3 heteroatoms. The minimum atomic E-state index is -0.427. The molecule has 0 aromatic carbocycles. The maximum absolute atomic E-state index is 12.7. The number of halogens is 1. The Bertz CT molecular complexity index is 335. The van der Waals surface area contributed by atoms with E-state index in [0.717, 1.165) is 24.7 Å². The molecule has 0 saturated carbocycles. The second-order valence-corrected chi connectivity index (χ2v) is 2.92. The summed E-state index contributed by atoms with van der Waals surface area (Å²) < 4.78 is 12.7. The molecule has 0 unspecified atom stereocenters. The van der Waals surface area contributed by atoms with Crippen molar-refractivity contribution in [2.75, 3.05) is 0 Å². The molecule has 0 fully saturated rings. The van der Waals surface area contributed by atoms with Gasteiger partial charge in [0.1, 0.15) is 5.82 Å². The van der Waals surface area contributed by atoms with Crippen molar-refractivity contribution in [3.63, 3.8) is 0 Å². The lowest BCUT2D eigenvalue weighted by atomic mass is 9.95. The van der Waals surface area contributed by atoms with Gasteiger partial charge in [0.15, 0.2) is 5.78 Å². The zero-order valence-electron chi connectivity index (χ0n) is 6.51. The van der Waals surface area contributed by atoms with E-state index in [9.17, 15) is 9.18 Å². The maximum atomic E-state index is 12.7. The Balaban J connectivity index is 2.54. The van der Waals surface area contributed by atoms with Gasteiger partial charge in [0, 0.05) is 12.0 Å². The van der Waals surface area contributed by atoms with Gasteiger partial charge >= 0.3 is 0 Å². The monoisotopic (exact) mass is 165 g/mol. The molecule has 0 atom stereocenters. The first-order chi connectivity index (χ1) is 5.77. The number of hydrogen-bond acceptors (Lipinski definition) is 2. The van der Waals surface area contributed by atoms with E-state index in [1.54, 1.807) is 0 Å². The SMILES string of the molecule is O=C1CCCc2ncc(F)cc21. The lowest BCUT2D eigenvalue weighted by molar-refractivity contribution is 0.0971. The number of aromatic nitrogens is 1. The van der Waals surface area contributed by atoms with Crippen LogP contribution in [0.15, 0.2) is 12.3 Å². The van der Waals surface area contributed by atoms with Crippen molar-refractivity contribution in [1.82, 2.24) is 4.98 Å². The van der Waals surface area contributed by atoms with Crippen LogP contribution in [0.1, 0.15) is 28.9 Å². The van der Waals surface area contributed by atoms with Gasteiger partial charge in [-0.2, -0.15) is 0 Å². The van der Waals surface area contributed by atoms with Crippen LogP contribution in [0, 0.1) is 5.82 Å². The molecule has 0 spiro atoms. The van der Waals surface area contributed by atoms with E-state index in [0.29, 0.717) is 12.0 Å². The van der Waals surface area contributed by atoms with Crippen LogP contribution in [-0.4, -0.2) is 10.8 Å². The van der Waals surface area contributed by atoms with Crippen molar-refractivity contribution >= 4 is 5.78 Å². The standard InChI is InChI=1S/C9H8FNO/c10-6-4-7-8(11-5-6)2-1-3-9(7)12/h4-5H,1-3H2. The highest BCUT2D eigenvalue weighted by molar-refractivity contribution is 5.97. The number of fused-ring (bicyclic) bond motifs is 1. The number of rotatable bonds is 0. The maximum Gasteiger partial charge on any atom is 0.164 e. The molecular formula is C9H8FNO. The lowest BCUT2D eigenvalue weighted by Crippen LogP contribution is -2.12. The Hall–Kier alpha value is -1.25. The van der Waals surface area contributed by atoms with Crippen LogP contribution in [0.3, 0.4) is 0 Å². The Morgan fingerprint density at radius 3 is 3.08 bits per heavy atom. The Morgan fingerprint density at radius 1 is 1.42 bits per heavy atom. The average Bonchev–Trinajstić information content (AvgIpc) is 2.07. The van der Waals surface area contributed by atoms with Crippen molar-refractivity contribution in [1.29, 1.82) is 0 Å². The van der Waals surface area contributed by atoms with Crippen molar-refractivity contribution in [2.24, 2.45) is 0 Å². The molecule has 12 heavy (non-hydrogen) atoms. The van der Waals surface area contributed by atoms with E-state index in [1.165, 1.54) is 6.07 Å². The van der Waals surface area contributed by atoms with Gasteiger partial charge in [-0.1, -0.05) is 0 Å². The predicted molar refractivity (Wildman–Crippen MR) is 41.5 cm³/mol. The molecule has 2 nitrogen and oxygen atoms in total. The first-order valence-corrected chi connectivity index (χ1v) is 3.95. The zero-order valence-corrected chi connectivity index (χ0v) is 6.51. The van der Waals surface area contributed by atoms with Gasteiger partial charge in [-0.05, 0) is 18.9 Å². The number of aryl methyl sites for hydroxylation is 1. The van der Waals surface area contributed by atoms with Gasteiger partial charge in [0.25, 0.3) is 0 Å². The van der Waals surface area contributed by atoms with Crippen molar-refractivity contribution in [3.8, 4) is 0 Å². The Morgan fingerprint density at radius 2 is 2.25 bits per heavy atom. The van der Waals surface area contributed by atoms with Gasteiger partial charge in [-0.15, -0.1) is 0 Å². The van der Waals surface area contributed by atoms with E-state index in [1.807, 2.05) is 0 Å². The van der Waals surface area contributed by atoms with Gasteiger partial charge in [-0.25, -0.2) is 4.39 Å². The minimum Gasteiger partial charge on any atom is -0.294 e.